The third kappa shape index (κ3) is 2.24. The van der Waals surface area contributed by atoms with Gasteiger partial charge in [0.05, 0.1) is 22.7 Å². The van der Waals surface area contributed by atoms with Gasteiger partial charge in [0.25, 0.3) is 0 Å². The Balaban J connectivity index is 2.50. The zero-order valence-electron chi connectivity index (χ0n) is 11.3. The van der Waals surface area contributed by atoms with Crippen LogP contribution in [0.25, 0.3) is 11.0 Å². The van der Waals surface area contributed by atoms with Gasteiger partial charge < -0.3 is 4.57 Å². The number of fused-ring (bicyclic) bond motifs is 1. The molecule has 0 aliphatic rings. The molecule has 1 unspecified atom stereocenters. The summed E-state index contributed by atoms with van der Waals surface area (Å²) in [7, 11) is 0. The van der Waals surface area contributed by atoms with Gasteiger partial charge in [-0.2, -0.15) is 5.26 Å². The van der Waals surface area contributed by atoms with E-state index in [1.165, 1.54) is 0 Å². The fraction of sp³-hybridized carbons (Fsp3) is 0.467. The average molecular weight is 241 g/mol. The normalized spacial score (nSPS) is 12.6. The summed E-state index contributed by atoms with van der Waals surface area (Å²) < 4.78 is 2.25. The maximum absolute atomic E-state index is 8.93. The molecule has 1 aromatic heterocycles. The third-order valence-corrected chi connectivity index (χ3v) is 3.50. The van der Waals surface area contributed by atoms with E-state index in [1.54, 1.807) is 0 Å². The van der Waals surface area contributed by atoms with E-state index in [0.29, 0.717) is 11.5 Å². The van der Waals surface area contributed by atoms with E-state index >= 15 is 0 Å². The van der Waals surface area contributed by atoms with Crippen LogP contribution in [0.15, 0.2) is 18.2 Å². The van der Waals surface area contributed by atoms with Crippen molar-refractivity contribution in [1.29, 1.82) is 5.26 Å². The Hall–Kier alpha value is -1.82. The number of benzene rings is 1. The van der Waals surface area contributed by atoms with Gasteiger partial charge in [-0.25, -0.2) is 4.98 Å². The molecule has 0 saturated heterocycles. The van der Waals surface area contributed by atoms with E-state index in [1.807, 2.05) is 18.2 Å². The van der Waals surface area contributed by atoms with Crippen LogP contribution in [0.3, 0.4) is 0 Å². The van der Waals surface area contributed by atoms with E-state index in [9.17, 15) is 0 Å². The van der Waals surface area contributed by atoms with Gasteiger partial charge in [-0.15, -0.1) is 0 Å². The number of aryl methyl sites for hydroxylation is 1. The van der Waals surface area contributed by atoms with Gasteiger partial charge >= 0.3 is 0 Å². The summed E-state index contributed by atoms with van der Waals surface area (Å²) >= 11 is 0. The molecular weight excluding hydrogens is 222 g/mol. The molecule has 0 radical (unpaired) electrons. The van der Waals surface area contributed by atoms with Crippen LogP contribution in [-0.2, 0) is 13.0 Å². The van der Waals surface area contributed by atoms with Crippen LogP contribution in [0.5, 0.6) is 0 Å². The molecule has 0 saturated carbocycles. The van der Waals surface area contributed by atoms with E-state index in [2.05, 4.69) is 31.4 Å². The van der Waals surface area contributed by atoms with Gasteiger partial charge in [0.15, 0.2) is 0 Å². The molecule has 0 aliphatic carbocycles. The van der Waals surface area contributed by atoms with Crippen molar-refractivity contribution in [3.05, 3.63) is 29.6 Å². The van der Waals surface area contributed by atoms with Gasteiger partial charge in [-0.3, -0.25) is 0 Å². The lowest BCUT2D eigenvalue weighted by molar-refractivity contribution is 0.527. The van der Waals surface area contributed by atoms with Crippen molar-refractivity contribution in [2.75, 3.05) is 0 Å². The van der Waals surface area contributed by atoms with Crippen LogP contribution in [0, 0.1) is 17.2 Å². The Morgan fingerprint density at radius 3 is 2.78 bits per heavy atom. The van der Waals surface area contributed by atoms with Crippen LogP contribution in [0.2, 0.25) is 0 Å². The highest BCUT2D eigenvalue weighted by Gasteiger charge is 2.12. The van der Waals surface area contributed by atoms with Crippen LogP contribution < -0.4 is 0 Å². The molecule has 3 nitrogen and oxygen atoms in total. The Bertz CT molecular complexity index is 590. The minimum absolute atomic E-state index is 0.641. The minimum atomic E-state index is 0.641. The highest BCUT2D eigenvalue weighted by Crippen LogP contribution is 2.20. The second-order valence-electron chi connectivity index (χ2n) is 4.81. The Morgan fingerprint density at radius 1 is 1.39 bits per heavy atom. The summed E-state index contributed by atoms with van der Waals surface area (Å²) in [6, 6.07) is 7.91. The van der Waals surface area contributed by atoms with Crippen molar-refractivity contribution < 1.29 is 0 Å². The highest BCUT2D eigenvalue weighted by atomic mass is 15.1. The molecule has 1 heterocycles. The molecular formula is C15H19N3. The molecule has 2 rings (SSSR count). The summed E-state index contributed by atoms with van der Waals surface area (Å²) in [5.74, 6) is 1.78. The molecule has 0 amide bonds. The van der Waals surface area contributed by atoms with Crippen molar-refractivity contribution in [2.45, 2.75) is 40.2 Å². The van der Waals surface area contributed by atoms with Gasteiger partial charge in [0, 0.05) is 13.0 Å². The summed E-state index contributed by atoms with van der Waals surface area (Å²) in [4.78, 5) is 4.69. The van der Waals surface area contributed by atoms with E-state index in [0.717, 1.165) is 36.2 Å². The lowest BCUT2D eigenvalue weighted by Gasteiger charge is -2.09. The average Bonchev–Trinajstić information content (AvgIpc) is 2.74. The molecule has 2 aromatic rings. The first-order valence-electron chi connectivity index (χ1n) is 6.58. The van der Waals surface area contributed by atoms with E-state index < -0.39 is 0 Å². The molecule has 0 N–H and O–H groups in total. The molecule has 1 atom stereocenters. The monoisotopic (exact) mass is 241 g/mol. The number of nitriles is 1. The van der Waals surface area contributed by atoms with Crippen LogP contribution >= 0.6 is 0 Å². The predicted octanol–water partition coefficient (Wildman–Crippen LogP) is 3.52. The predicted molar refractivity (Wildman–Crippen MR) is 73.3 cm³/mol. The fourth-order valence-electron chi connectivity index (χ4n) is 2.21. The molecule has 94 valence electrons. The largest absolute Gasteiger partial charge is 0.328 e. The second-order valence-corrected chi connectivity index (χ2v) is 4.81. The maximum atomic E-state index is 8.93. The van der Waals surface area contributed by atoms with Gasteiger partial charge in [0.1, 0.15) is 5.82 Å². The smallest absolute Gasteiger partial charge is 0.110 e. The first-order chi connectivity index (χ1) is 8.69. The standard InChI is InChI=1S/C15H19N3/c1-4-11(3)8-15-17-13-9-12(10-16)6-7-14(13)18(15)5-2/h6-7,9,11H,4-5,8H2,1-3H3. The lowest BCUT2D eigenvalue weighted by Crippen LogP contribution is -2.06. The SMILES string of the molecule is CCC(C)Cc1nc2cc(C#N)ccc2n1CC. The maximum Gasteiger partial charge on any atom is 0.110 e. The van der Waals surface area contributed by atoms with Crippen molar-refractivity contribution in [2.24, 2.45) is 5.92 Å². The van der Waals surface area contributed by atoms with Crippen molar-refractivity contribution in [3.63, 3.8) is 0 Å². The van der Waals surface area contributed by atoms with E-state index in [-0.39, 0.29) is 0 Å². The van der Waals surface area contributed by atoms with Gasteiger partial charge in [0.2, 0.25) is 0 Å². The highest BCUT2D eigenvalue weighted by molar-refractivity contribution is 5.77. The molecule has 0 aliphatic heterocycles. The first-order valence-corrected chi connectivity index (χ1v) is 6.58. The molecule has 3 heteroatoms. The lowest BCUT2D eigenvalue weighted by atomic mass is 10.1. The Morgan fingerprint density at radius 2 is 2.17 bits per heavy atom. The number of rotatable bonds is 4. The number of hydrogen-bond acceptors (Lipinski definition) is 2. The van der Waals surface area contributed by atoms with Gasteiger partial charge in [-0.05, 0) is 31.0 Å². The Kier molecular flexibility index (Phi) is 3.66. The Labute approximate surface area is 108 Å². The number of imidazole rings is 1. The molecule has 0 bridgehead atoms. The second kappa shape index (κ2) is 5.22. The number of nitrogens with zero attached hydrogens (tertiary/aromatic N) is 3. The van der Waals surface area contributed by atoms with Crippen LogP contribution in [-0.4, -0.2) is 9.55 Å². The summed E-state index contributed by atoms with van der Waals surface area (Å²) in [6.07, 6.45) is 2.16. The van der Waals surface area contributed by atoms with E-state index in [4.69, 9.17) is 10.2 Å². The third-order valence-electron chi connectivity index (χ3n) is 3.50. The topological polar surface area (TPSA) is 41.6 Å². The molecule has 18 heavy (non-hydrogen) atoms. The number of aromatic nitrogens is 2. The van der Waals surface area contributed by atoms with Crippen molar-refractivity contribution >= 4 is 11.0 Å². The molecule has 0 spiro atoms. The number of hydrogen-bond donors (Lipinski definition) is 0. The van der Waals surface area contributed by atoms with Crippen molar-refractivity contribution in [1.82, 2.24) is 9.55 Å². The van der Waals surface area contributed by atoms with Gasteiger partial charge in [-0.1, -0.05) is 20.3 Å². The quantitative estimate of drug-likeness (QED) is 0.821. The minimum Gasteiger partial charge on any atom is -0.328 e. The van der Waals surface area contributed by atoms with Crippen molar-refractivity contribution in [3.8, 4) is 6.07 Å². The zero-order valence-corrected chi connectivity index (χ0v) is 11.3. The molecule has 0 fully saturated rings. The van der Waals surface area contributed by atoms with Crippen LogP contribution in [0.4, 0.5) is 0 Å². The zero-order chi connectivity index (χ0) is 13.1. The summed E-state index contributed by atoms with van der Waals surface area (Å²) in [6.45, 7) is 7.52. The summed E-state index contributed by atoms with van der Waals surface area (Å²) in [5.41, 5.74) is 2.75. The summed E-state index contributed by atoms with van der Waals surface area (Å²) in [5, 5.41) is 8.93. The molecule has 1 aromatic carbocycles. The fourth-order valence-corrected chi connectivity index (χ4v) is 2.21. The van der Waals surface area contributed by atoms with Crippen LogP contribution in [0.1, 0.15) is 38.6 Å². The first kappa shape index (κ1) is 12.6.